The first-order valence-corrected chi connectivity index (χ1v) is 6.80. The number of aryl methyl sites for hydroxylation is 1. The van der Waals surface area contributed by atoms with Gasteiger partial charge in [-0.3, -0.25) is 4.68 Å². The van der Waals surface area contributed by atoms with Gasteiger partial charge in [-0.15, -0.1) is 0 Å². The Kier molecular flexibility index (Phi) is 3.65. The Morgan fingerprint density at radius 2 is 1.79 bits per heavy atom. The maximum absolute atomic E-state index is 10.5. The molecule has 0 unspecified atom stereocenters. The highest BCUT2D eigenvalue weighted by Crippen LogP contribution is 2.38. The Morgan fingerprint density at radius 3 is 2.32 bits per heavy atom. The lowest BCUT2D eigenvalue weighted by molar-refractivity contribution is 0.445. The molecule has 0 saturated carbocycles. The molecule has 0 bridgehead atoms. The highest BCUT2D eigenvalue weighted by molar-refractivity contribution is 5.68. The van der Waals surface area contributed by atoms with Crippen LogP contribution in [0, 0.1) is 0 Å². The monoisotopic (exact) mass is 258 g/mol. The molecule has 0 fully saturated rings. The molecule has 19 heavy (non-hydrogen) atoms. The molecule has 3 nitrogen and oxygen atoms in total. The second-order valence-corrected chi connectivity index (χ2v) is 5.88. The largest absolute Gasteiger partial charge is 0.504 e. The zero-order valence-electron chi connectivity index (χ0n) is 12.1. The number of benzene rings is 1. The first-order valence-electron chi connectivity index (χ1n) is 6.80. The minimum atomic E-state index is -0.160. The third-order valence-corrected chi connectivity index (χ3v) is 3.12. The van der Waals surface area contributed by atoms with Gasteiger partial charge in [-0.2, -0.15) is 5.10 Å². The van der Waals surface area contributed by atoms with E-state index in [0.29, 0.717) is 5.75 Å². The third kappa shape index (κ3) is 2.65. The van der Waals surface area contributed by atoms with E-state index >= 15 is 0 Å². The summed E-state index contributed by atoms with van der Waals surface area (Å²) in [6.45, 7) is 9.14. The van der Waals surface area contributed by atoms with Crippen molar-refractivity contribution in [2.75, 3.05) is 0 Å². The third-order valence-electron chi connectivity index (χ3n) is 3.12. The summed E-state index contributed by atoms with van der Waals surface area (Å²) in [5.41, 5.74) is 2.44. The van der Waals surface area contributed by atoms with Gasteiger partial charge in [0.1, 0.15) is 11.4 Å². The molecule has 0 atom stereocenters. The first kappa shape index (κ1) is 13.7. The lowest BCUT2D eigenvalue weighted by atomic mass is 9.91. The number of nitrogens with zero attached hydrogens (tertiary/aromatic N) is 2. The zero-order valence-corrected chi connectivity index (χ0v) is 12.1. The lowest BCUT2D eigenvalue weighted by Crippen LogP contribution is -2.13. The van der Waals surface area contributed by atoms with Gasteiger partial charge in [0, 0.05) is 17.5 Å². The van der Waals surface area contributed by atoms with E-state index in [2.05, 4.69) is 32.8 Å². The highest BCUT2D eigenvalue weighted by Gasteiger charge is 2.26. The topological polar surface area (TPSA) is 38.0 Å². The van der Waals surface area contributed by atoms with Crippen LogP contribution >= 0.6 is 0 Å². The Balaban J connectivity index is 2.62. The molecular weight excluding hydrogens is 236 g/mol. The molecule has 0 amide bonds. The van der Waals surface area contributed by atoms with Crippen molar-refractivity contribution >= 4 is 0 Å². The normalized spacial score (nSPS) is 11.8. The van der Waals surface area contributed by atoms with E-state index in [-0.39, 0.29) is 5.41 Å². The molecule has 1 aromatic heterocycles. The summed E-state index contributed by atoms with van der Waals surface area (Å²) < 4.78 is 1.92. The fraction of sp³-hybridized carbons (Fsp3) is 0.438. The summed E-state index contributed by atoms with van der Waals surface area (Å²) >= 11 is 0. The predicted octanol–water partition coefficient (Wildman–Crippen LogP) is 3.96. The van der Waals surface area contributed by atoms with Gasteiger partial charge in [-0.1, -0.05) is 58.0 Å². The smallest absolute Gasteiger partial charge is 0.165 e. The average molecular weight is 258 g/mol. The van der Waals surface area contributed by atoms with Gasteiger partial charge >= 0.3 is 0 Å². The molecule has 0 radical (unpaired) electrons. The van der Waals surface area contributed by atoms with E-state index in [1.807, 2.05) is 35.0 Å². The van der Waals surface area contributed by atoms with Crippen molar-refractivity contribution < 1.29 is 5.11 Å². The summed E-state index contributed by atoms with van der Waals surface area (Å²) in [6.07, 6.45) is 0.991. The molecule has 1 heterocycles. The standard InChI is InChI=1S/C16H22N2O/c1-5-11-18-13(12-9-7-6-8-10-12)14(19)15(17-18)16(2,3)4/h6-10,19H,5,11H2,1-4H3. The number of aromatic nitrogens is 2. The van der Waals surface area contributed by atoms with E-state index in [4.69, 9.17) is 0 Å². The second-order valence-electron chi connectivity index (χ2n) is 5.88. The lowest BCUT2D eigenvalue weighted by Gasteiger charge is -2.15. The minimum Gasteiger partial charge on any atom is -0.504 e. The van der Waals surface area contributed by atoms with Crippen molar-refractivity contribution in [1.29, 1.82) is 0 Å². The Bertz CT molecular complexity index is 550. The van der Waals surface area contributed by atoms with Crippen LogP contribution < -0.4 is 0 Å². The fourth-order valence-corrected chi connectivity index (χ4v) is 2.21. The van der Waals surface area contributed by atoms with Crippen LogP contribution in [0.2, 0.25) is 0 Å². The van der Waals surface area contributed by atoms with E-state index in [9.17, 15) is 5.11 Å². The SMILES string of the molecule is CCCn1nc(C(C)(C)C)c(O)c1-c1ccccc1. The maximum atomic E-state index is 10.5. The molecule has 0 spiro atoms. The summed E-state index contributed by atoms with van der Waals surface area (Å²) in [6, 6.07) is 9.96. The van der Waals surface area contributed by atoms with Crippen LogP contribution in [-0.2, 0) is 12.0 Å². The molecule has 0 saturated heterocycles. The molecule has 1 N–H and O–H groups in total. The summed E-state index contributed by atoms with van der Waals surface area (Å²) in [5.74, 6) is 0.312. The number of rotatable bonds is 3. The molecule has 1 aromatic carbocycles. The van der Waals surface area contributed by atoms with Crippen LogP contribution in [0.3, 0.4) is 0 Å². The van der Waals surface area contributed by atoms with Crippen LogP contribution in [0.4, 0.5) is 0 Å². The Hall–Kier alpha value is -1.77. The highest BCUT2D eigenvalue weighted by atomic mass is 16.3. The average Bonchev–Trinajstić information content (AvgIpc) is 2.68. The van der Waals surface area contributed by atoms with Gasteiger partial charge in [0.15, 0.2) is 5.75 Å². The molecular formula is C16H22N2O. The Labute approximate surface area is 114 Å². The van der Waals surface area contributed by atoms with Crippen molar-refractivity contribution in [3.8, 4) is 17.0 Å². The molecule has 2 aromatic rings. The van der Waals surface area contributed by atoms with Crippen LogP contribution in [0.1, 0.15) is 39.8 Å². The van der Waals surface area contributed by atoms with Crippen molar-refractivity contribution in [1.82, 2.24) is 9.78 Å². The quantitative estimate of drug-likeness (QED) is 0.904. The van der Waals surface area contributed by atoms with Crippen molar-refractivity contribution in [2.24, 2.45) is 0 Å². The molecule has 102 valence electrons. The van der Waals surface area contributed by atoms with Crippen LogP contribution in [0.15, 0.2) is 30.3 Å². The van der Waals surface area contributed by atoms with E-state index in [1.54, 1.807) is 0 Å². The summed E-state index contributed by atoms with van der Waals surface area (Å²) in [5, 5.41) is 15.2. The minimum absolute atomic E-state index is 0.160. The van der Waals surface area contributed by atoms with Gasteiger partial charge in [0.25, 0.3) is 0 Å². The molecule has 0 aliphatic rings. The molecule has 0 aliphatic heterocycles. The summed E-state index contributed by atoms with van der Waals surface area (Å²) in [7, 11) is 0. The Morgan fingerprint density at radius 1 is 1.16 bits per heavy atom. The van der Waals surface area contributed by atoms with Crippen molar-refractivity contribution in [2.45, 2.75) is 46.1 Å². The van der Waals surface area contributed by atoms with Crippen LogP contribution in [0.5, 0.6) is 5.75 Å². The van der Waals surface area contributed by atoms with Crippen molar-refractivity contribution in [3.63, 3.8) is 0 Å². The van der Waals surface area contributed by atoms with Gasteiger partial charge in [0.05, 0.1) is 0 Å². The maximum Gasteiger partial charge on any atom is 0.165 e. The number of aromatic hydroxyl groups is 1. The number of hydrogen-bond acceptors (Lipinski definition) is 2. The first-order chi connectivity index (χ1) is 8.95. The van der Waals surface area contributed by atoms with Gasteiger partial charge in [-0.05, 0) is 6.42 Å². The van der Waals surface area contributed by atoms with Gasteiger partial charge in [0.2, 0.25) is 0 Å². The van der Waals surface area contributed by atoms with E-state index < -0.39 is 0 Å². The van der Waals surface area contributed by atoms with Crippen molar-refractivity contribution in [3.05, 3.63) is 36.0 Å². The molecule has 3 heteroatoms. The van der Waals surface area contributed by atoms with E-state index in [1.165, 1.54) is 0 Å². The zero-order chi connectivity index (χ0) is 14.0. The summed E-state index contributed by atoms with van der Waals surface area (Å²) in [4.78, 5) is 0. The number of hydrogen-bond donors (Lipinski definition) is 1. The molecule has 2 rings (SSSR count). The van der Waals surface area contributed by atoms with Gasteiger partial charge in [-0.25, -0.2) is 0 Å². The fourth-order valence-electron chi connectivity index (χ4n) is 2.21. The molecule has 0 aliphatic carbocycles. The van der Waals surface area contributed by atoms with Gasteiger partial charge < -0.3 is 5.11 Å². The second kappa shape index (κ2) is 5.08. The van der Waals surface area contributed by atoms with E-state index in [0.717, 1.165) is 29.9 Å². The van der Waals surface area contributed by atoms with Crippen LogP contribution in [0.25, 0.3) is 11.3 Å². The predicted molar refractivity (Wildman–Crippen MR) is 78.3 cm³/mol. The van der Waals surface area contributed by atoms with Crippen LogP contribution in [-0.4, -0.2) is 14.9 Å².